The highest BCUT2D eigenvalue weighted by Crippen LogP contribution is 2.17. The van der Waals surface area contributed by atoms with Crippen molar-refractivity contribution in [3.05, 3.63) is 60.8 Å². The topological polar surface area (TPSA) is 78.9 Å². The Morgan fingerprint density at radius 2 is 0.557 bits per heavy atom. The Hall–Kier alpha value is -2.89. The minimum atomic E-state index is -0.788. The van der Waals surface area contributed by atoms with Gasteiger partial charge in [-0.05, 0) is 64.2 Å². The van der Waals surface area contributed by atoms with Crippen LogP contribution in [0.4, 0.5) is 0 Å². The number of allylic oxidation sites excluding steroid dienone is 10. The molecule has 0 aliphatic rings. The molecule has 70 heavy (non-hydrogen) atoms. The van der Waals surface area contributed by atoms with E-state index in [2.05, 4.69) is 81.5 Å². The van der Waals surface area contributed by atoms with Crippen LogP contribution in [0.1, 0.15) is 310 Å². The molecule has 0 aliphatic heterocycles. The van der Waals surface area contributed by atoms with E-state index in [1.54, 1.807) is 0 Å². The summed E-state index contributed by atoms with van der Waals surface area (Å²) in [6, 6.07) is 0. The maximum atomic E-state index is 12.8. The Kier molecular flexibility index (Phi) is 56.3. The van der Waals surface area contributed by atoms with Crippen molar-refractivity contribution in [3.63, 3.8) is 0 Å². The first-order chi connectivity index (χ1) is 34.5. The Morgan fingerprint density at radius 1 is 0.300 bits per heavy atom. The molecule has 0 rings (SSSR count). The zero-order chi connectivity index (χ0) is 50.7. The zero-order valence-electron chi connectivity index (χ0n) is 46.5. The molecule has 0 aromatic rings. The van der Waals surface area contributed by atoms with Gasteiger partial charge in [0.25, 0.3) is 0 Å². The normalized spacial score (nSPS) is 12.4. The van der Waals surface area contributed by atoms with Gasteiger partial charge >= 0.3 is 17.9 Å². The lowest BCUT2D eigenvalue weighted by Crippen LogP contribution is -2.30. The molecular weight excluding hydrogens is 865 g/mol. The lowest BCUT2D eigenvalue weighted by Gasteiger charge is -2.18. The number of unbranched alkanes of at least 4 members (excludes halogenated alkanes) is 34. The van der Waals surface area contributed by atoms with E-state index in [1.165, 1.54) is 173 Å². The molecule has 0 saturated heterocycles. The fraction of sp³-hybridized carbons (Fsp3) is 0.797. The third-order valence-corrected chi connectivity index (χ3v) is 13.3. The molecule has 1 atom stereocenters. The monoisotopic (exact) mass is 979 g/mol. The van der Waals surface area contributed by atoms with Crippen LogP contribution in [0, 0.1) is 0 Å². The van der Waals surface area contributed by atoms with Gasteiger partial charge in [-0.15, -0.1) is 0 Å². The first kappa shape index (κ1) is 67.1. The van der Waals surface area contributed by atoms with Crippen LogP contribution in [0.2, 0.25) is 0 Å². The maximum Gasteiger partial charge on any atom is 0.306 e. The molecule has 406 valence electrons. The fourth-order valence-electron chi connectivity index (χ4n) is 8.77. The quantitative estimate of drug-likeness (QED) is 0.0261. The van der Waals surface area contributed by atoms with Crippen molar-refractivity contribution in [2.24, 2.45) is 0 Å². The van der Waals surface area contributed by atoms with E-state index in [4.69, 9.17) is 14.2 Å². The summed E-state index contributed by atoms with van der Waals surface area (Å²) in [5.74, 6) is -0.903. The highest BCUT2D eigenvalue weighted by atomic mass is 16.6. The van der Waals surface area contributed by atoms with Crippen molar-refractivity contribution in [1.82, 2.24) is 0 Å². The lowest BCUT2D eigenvalue weighted by atomic mass is 10.0. The summed E-state index contributed by atoms with van der Waals surface area (Å²) in [6.45, 7) is 6.52. The fourth-order valence-corrected chi connectivity index (χ4v) is 8.77. The molecule has 0 fully saturated rings. The lowest BCUT2D eigenvalue weighted by molar-refractivity contribution is -0.167. The van der Waals surface area contributed by atoms with Gasteiger partial charge in [0.2, 0.25) is 0 Å². The van der Waals surface area contributed by atoms with Crippen LogP contribution in [0.15, 0.2) is 60.8 Å². The minimum Gasteiger partial charge on any atom is -0.462 e. The predicted octanol–water partition coefficient (Wildman–Crippen LogP) is 20.4. The molecule has 0 heterocycles. The van der Waals surface area contributed by atoms with Crippen LogP contribution < -0.4 is 0 Å². The standard InChI is InChI=1S/C64H114O6/c1-4-7-10-13-16-19-22-24-26-28-30-31-32-33-35-36-38-40-42-45-48-51-54-57-63(66)69-60-61(59-68-62(65)56-53-50-47-44-21-18-15-12-9-6-3)70-64(67)58-55-52-49-46-43-41-39-37-34-29-27-25-23-20-17-14-11-8-5-2/h8,11,17,20,25,27,34,37,41,43,61H,4-7,9-10,12-16,18-19,21-24,26,28-33,35-36,38-40,42,44-60H2,1-3H3/b11-8-,20-17-,27-25-,37-34-,43-41-. The number of esters is 3. The maximum absolute atomic E-state index is 12.8. The summed E-state index contributed by atoms with van der Waals surface area (Å²) in [6.07, 6.45) is 73.7. The predicted molar refractivity (Wildman–Crippen MR) is 302 cm³/mol. The number of hydrogen-bond donors (Lipinski definition) is 0. The summed E-state index contributed by atoms with van der Waals surface area (Å²) < 4.78 is 16.8. The molecule has 0 radical (unpaired) electrons. The van der Waals surface area contributed by atoms with E-state index >= 15 is 0 Å². The van der Waals surface area contributed by atoms with Crippen LogP contribution in [0.25, 0.3) is 0 Å². The molecule has 1 unspecified atom stereocenters. The van der Waals surface area contributed by atoms with Gasteiger partial charge < -0.3 is 14.2 Å². The second-order valence-electron chi connectivity index (χ2n) is 20.2. The van der Waals surface area contributed by atoms with Gasteiger partial charge in [0.05, 0.1) is 0 Å². The molecule has 0 bridgehead atoms. The Morgan fingerprint density at radius 3 is 0.871 bits per heavy atom. The summed E-state index contributed by atoms with van der Waals surface area (Å²) in [5.41, 5.74) is 0. The van der Waals surface area contributed by atoms with Gasteiger partial charge in [-0.1, -0.05) is 287 Å². The van der Waals surface area contributed by atoms with Gasteiger partial charge in [-0.2, -0.15) is 0 Å². The Labute approximate surface area is 434 Å². The van der Waals surface area contributed by atoms with Crippen molar-refractivity contribution in [2.45, 2.75) is 316 Å². The number of carbonyl (C=O) groups is 3. The van der Waals surface area contributed by atoms with Gasteiger partial charge in [0, 0.05) is 19.3 Å². The van der Waals surface area contributed by atoms with Crippen molar-refractivity contribution >= 4 is 17.9 Å². The number of ether oxygens (including phenoxy) is 3. The molecule has 0 spiro atoms. The first-order valence-corrected chi connectivity index (χ1v) is 30.3. The molecule has 0 aromatic carbocycles. The van der Waals surface area contributed by atoms with E-state index in [1.807, 2.05) is 0 Å². The average molecular weight is 980 g/mol. The summed E-state index contributed by atoms with van der Waals surface area (Å²) in [7, 11) is 0. The van der Waals surface area contributed by atoms with Crippen LogP contribution in [0.3, 0.4) is 0 Å². The zero-order valence-corrected chi connectivity index (χ0v) is 46.5. The molecule has 0 N–H and O–H groups in total. The molecule has 6 heteroatoms. The van der Waals surface area contributed by atoms with E-state index in [-0.39, 0.29) is 31.1 Å². The van der Waals surface area contributed by atoms with Crippen LogP contribution in [0.5, 0.6) is 0 Å². The largest absolute Gasteiger partial charge is 0.462 e. The SMILES string of the molecule is CC/C=C\C/C=C\C/C=C\C/C=C\C/C=C\CCCCCC(=O)OC(COC(=O)CCCCCCCCCCCC)COC(=O)CCCCCCCCCCCCCCCCCCCCCCCCC. The highest BCUT2D eigenvalue weighted by Gasteiger charge is 2.19. The molecule has 0 saturated carbocycles. The van der Waals surface area contributed by atoms with Gasteiger partial charge in [-0.25, -0.2) is 0 Å². The molecular formula is C64H114O6. The number of rotatable bonds is 55. The Balaban J connectivity index is 4.28. The molecule has 0 aliphatic carbocycles. The van der Waals surface area contributed by atoms with Crippen LogP contribution in [-0.2, 0) is 28.6 Å². The van der Waals surface area contributed by atoms with Gasteiger partial charge in [-0.3, -0.25) is 14.4 Å². The van der Waals surface area contributed by atoms with Crippen molar-refractivity contribution in [3.8, 4) is 0 Å². The van der Waals surface area contributed by atoms with Gasteiger partial charge in [0.15, 0.2) is 6.10 Å². The van der Waals surface area contributed by atoms with E-state index in [0.717, 1.165) is 96.3 Å². The molecule has 0 aromatic heterocycles. The third kappa shape index (κ3) is 56.0. The minimum absolute atomic E-state index is 0.0838. The highest BCUT2D eigenvalue weighted by molar-refractivity contribution is 5.71. The summed E-state index contributed by atoms with van der Waals surface area (Å²) in [4.78, 5) is 38.1. The Bertz CT molecular complexity index is 1260. The van der Waals surface area contributed by atoms with Crippen LogP contribution in [-0.4, -0.2) is 37.2 Å². The van der Waals surface area contributed by atoms with Crippen molar-refractivity contribution in [1.29, 1.82) is 0 Å². The van der Waals surface area contributed by atoms with Crippen molar-refractivity contribution < 1.29 is 28.6 Å². The average Bonchev–Trinajstić information content (AvgIpc) is 3.36. The second kappa shape index (κ2) is 58.7. The van der Waals surface area contributed by atoms with E-state index in [9.17, 15) is 14.4 Å². The van der Waals surface area contributed by atoms with E-state index in [0.29, 0.717) is 19.3 Å². The van der Waals surface area contributed by atoms with Gasteiger partial charge in [0.1, 0.15) is 13.2 Å². The summed E-state index contributed by atoms with van der Waals surface area (Å²) >= 11 is 0. The molecule has 0 amide bonds. The number of carbonyl (C=O) groups excluding carboxylic acids is 3. The van der Waals surface area contributed by atoms with Crippen molar-refractivity contribution in [2.75, 3.05) is 13.2 Å². The first-order valence-electron chi connectivity index (χ1n) is 30.3. The number of hydrogen-bond acceptors (Lipinski definition) is 6. The van der Waals surface area contributed by atoms with E-state index < -0.39 is 6.10 Å². The smallest absolute Gasteiger partial charge is 0.306 e. The third-order valence-electron chi connectivity index (χ3n) is 13.3. The molecule has 6 nitrogen and oxygen atoms in total. The summed E-state index contributed by atoms with van der Waals surface area (Å²) in [5, 5.41) is 0. The van der Waals surface area contributed by atoms with Crippen LogP contribution >= 0.6 is 0 Å². The second-order valence-corrected chi connectivity index (χ2v) is 20.2.